The number of nitrogens with zero attached hydrogens (tertiary/aromatic N) is 1. The predicted molar refractivity (Wildman–Crippen MR) is 104 cm³/mol. The van der Waals surface area contributed by atoms with Crippen molar-refractivity contribution in [3.63, 3.8) is 0 Å². The fraction of sp³-hybridized carbons (Fsp3) is 0.263. The Hall–Kier alpha value is -1.85. The van der Waals surface area contributed by atoms with Gasteiger partial charge in [0.05, 0.1) is 5.92 Å². The van der Waals surface area contributed by atoms with Gasteiger partial charge in [-0.25, -0.2) is 0 Å². The highest BCUT2D eigenvalue weighted by molar-refractivity contribution is 9.10. The van der Waals surface area contributed by atoms with Crippen molar-refractivity contribution >= 4 is 50.7 Å². The summed E-state index contributed by atoms with van der Waals surface area (Å²) in [6.07, 6.45) is 0.201. The molecule has 1 atom stereocenters. The Morgan fingerprint density at radius 2 is 2.00 bits per heavy atom. The molecule has 4 nitrogen and oxygen atoms in total. The lowest BCUT2D eigenvalue weighted by Gasteiger charge is -2.17. The second-order valence-corrected chi connectivity index (χ2v) is 7.51. The number of hydrogen-bond donors (Lipinski definition) is 1. The first kappa shape index (κ1) is 18.0. The summed E-state index contributed by atoms with van der Waals surface area (Å²) in [6, 6.07) is 10.9. The van der Waals surface area contributed by atoms with Gasteiger partial charge < -0.3 is 10.2 Å². The van der Waals surface area contributed by atoms with Gasteiger partial charge in [-0.3, -0.25) is 9.59 Å². The molecular weight excluding hydrogens is 404 g/mol. The zero-order chi connectivity index (χ0) is 18.1. The number of amides is 2. The van der Waals surface area contributed by atoms with Gasteiger partial charge in [-0.15, -0.1) is 0 Å². The first-order valence-electron chi connectivity index (χ1n) is 7.99. The lowest BCUT2D eigenvalue weighted by molar-refractivity contribution is -0.122. The van der Waals surface area contributed by atoms with Crippen LogP contribution in [0.1, 0.15) is 17.5 Å². The Kier molecular flexibility index (Phi) is 5.16. The van der Waals surface area contributed by atoms with E-state index in [0.29, 0.717) is 11.6 Å². The predicted octanol–water partition coefficient (Wildman–Crippen LogP) is 4.71. The van der Waals surface area contributed by atoms with Crippen molar-refractivity contribution in [2.75, 3.05) is 16.8 Å². The number of carbonyl (C=O) groups excluding carboxylic acids is 2. The monoisotopic (exact) mass is 420 g/mol. The molecule has 2 aromatic carbocycles. The molecule has 0 saturated carbocycles. The summed E-state index contributed by atoms with van der Waals surface area (Å²) >= 11 is 9.49. The number of anilines is 2. The van der Waals surface area contributed by atoms with Gasteiger partial charge in [-0.2, -0.15) is 0 Å². The maximum atomic E-state index is 12.6. The maximum Gasteiger partial charge on any atom is 0.229 e. The van der Waals surface area contributed by atoms with E-state index in [-0.39, 0.29) is 24.2 Å². The molecule has 1 saturated heterocycles. The van der Waals surface area contributed by atoms with Crippen LogP contribution in [0.4, 0.5) is 11.4 Å². The molecule has 1 N–H and O–H groups in total. The van der Waals surface area contributed by atoms with Crippen LogP contribution in [0.5, 0.6) is 0 Å². The summed E-state index contributed by atoms with van der Waals surface area (Å²) < 4.78 is 1.01. The molecule has 1 fully saturated rings. The minimum Gasteiger partial charge on any atom is -0.326 e. The molecule has 0 aromatic heterocycles. The second-order valence-electron chi connectivity index (χ2n) is 6.22. The highest BCUT2D eigenvalue weighted by atomic mass is 79.9. The molecule has 0 unspecified atom stereocenters. The van der Waals surface area contributed by atoms with Crippen LogP contribution in [0.3, 0.4) is 0 Å². The van der Waals surface area contributed by atoms with E-state index in [0.717, 1.165) is 27.0 Å². The van der Waals surface area contributed by atoms with E-state index in [1.807, 2.05) is 32.0 Å². The minimum absolute atomic E-state index is 0.0638. The van der Waals surface area contributed by atoms with E-state index in [1.54, 1.807) is 23.1 Å². The molecule has 0 spiro atoms. The van der Waals surface area contributed by atoms with E-state index in [9.17, 15) is 9.59 Å². The van der Waals surface area contributed by atoms with Crippen LogP contribution in [0.15, 0.2) is 40.9 Å². The fourth-order valence-corrected chi connectivity index (χ4v) is 3.55. The smallest absolute Gasteiger partial charge is 0.229 e. The summed E-state index contributed by atoms with van der Waals surface area (Å²) in [5, 5.41) is 3.53. The number of benzene rings is 2. The van der Waals surface area contributed by atoms with E-state index in [2.05, 4.69) is 21.2 Å². The van der Waals surface area contributed by atoms with Crippen molar-refractivity contribution in [2.45, 2.75) is 20.3 Å². The van der Waals surface area contributed by atoms with Crippen LogP contribution < -0.4 is 10.2 Å². The molecule has 3 rings (SSSR count). The third kappa shape index (κ3) is 3.72. The average Bonchev–Trinajstić information content (AvgIpc) is 2.97. The SMILES string of the molecule is Cc1c(Br)ccc(NC(=O)[C@H]2CC(=O)N(c3cccc(Cl)c3)C2)c1C. The fourth-order valence-electron chi connectivity index (χ4n) is 2.93. The molecule has 0 aliphatic carbocycles. The van der Waals surface area contributed by atoms with Crippen molar-refractivity contribution in [3.05, 3.63) is 57.0 Å². The van der Waals surface area contributed by atoms with Gasteiger partial charge in [0.2, 0.25) is 11.8 Å². The first-order valence-corrected chi connectivity index (χ1v) is 9.16. The second kappa shape index (κ2) is 7.18. The zero-order valence-corrected chi connectivity index (χ0v) is 16.3. The lowest BCUT2D eigenvalue weighted by atomic mass is 10.1. The van der Waals surface area contributed by atoms with Crippen molar-refractivity contribution < 1.29 is 9.59 Å². The zero-order valence-electron chi connectivity index (χ0n) is 14.0. The molecule has 25 heavy (non-hydrogen) atoms. The van der Waals surface area contributed by atoms with Crippen LogP contribution in [-0.2, 0) is 9.59 Å². The van der Waals surface area contributed by atoms with Crippen molar-refractivity contribution in [1.29, 1.82) is 0 Å². The third-order valence-corrected chi connectivity index (χ3v) is 5.69. The number of halogens is 2. The van der Waals surface area contributed by atoms with Crippen LogP contribution >= 0.6 is 27.5 Å². The van der Waals surface area contributed by atoms with Crippen molar-refractivity contribution in [1.82, 2.24) is 0 Å². The average molecular weight is 422 g/mol. The minimum atomic E-state index is -0.380. The molecule has 1 aliphatic heterocycles. The highest BCUT2D eigenvalue weighted by Gasteiger charge is 2.35. The van der Waals surface area contributed by atoms with Gasteiger partial charge in [0.25, 0.3) is 0 Å². The summed E-state index contributed by atoms with van der Waals surface area (Å²) in [5.74, 6) is -0.580. The molecule has 6 heteroatoms. The van der Waals surface area contributed by atoms with E-state index >= 15 is 0 Å². The molecular formula is C19H18BrClN2O2. The van der Waals surface area contributed by atoms with E-state index in [1.165, 1.54) is 0 Å². The number of rotatable bonds is 3. The van der Waals surface area contributed by atoms with E-state index in [4.69, 9.17) is 11.6 Å². The Morgan fingerprint density at radius 1 is 1.24 bits per heavy atom. The van der Waals surface area contributed by atoms with Crippen molar-refractivity contribution in [3.8, 4) is 0 Å². The summed E-state index contributed by atoms with van der Waals surface area (Å²) in [4.78, 5) is 26.6. The lowest BCUT2D eigenvalue weighted by Crippen LogP contribution is -2.28. The Morgan fingerprint density at radius 3 is 2.72 bits per heavy atom. The molecule has 2 amide bonds. The first-order chi connectivity index (χ1) is 11.9. The van der Waals surface area contributed by atoms with Gasteiger partial charge >= 0.3 is 0 Å². The molecule has 1 aliphatic rings. The highest BCUT2D eigenvalue weighted by Crippen LogP contribution is 2.29. The summed E-state index contributed by atoms with van der Waals surface area (Å²) in [7, 11) is 0. The molecule has 2 aromatic rings. The van der Waals surface area contributed by atoms with Gasteiger partial charge in [0.15, 0.2) is 0 Å². The van der Waals surface area contributed by atoms with Crippen LogP contribution in [0.2, 0.25) is 5.02 Å². The van der Waals surface area contributed by atoms with Gasteiger partial charge in [-0.1, -0.05) is 33.6 Å². The molecule has 130 valence electrons. The standard InChI is InChI=1S/C19H18BrClN2O2/c1-11-12(2)17(7-6-16(11)20)22-19(25)13-8-18(24)23(10-13)15-5-3-4-14(21)9-15/h3-7,9,13H,8,10H2,1-2H3,(H,22,25)/t13-/m0/s1. The van der Waals surface area contributed by atoms with Gasteiger partial charge in [0.1, 0.15) is 0 Å². The van der Waals surface area contributed by atoms with Gasteiger partial charge in [-0.05, 0) is 55.3 Å². The Labute approximate surface area is 160 Å². The topological polar surface area (TPSA) is 49.4 Å². The normalized spacial score (nSPS) is 17.0. The third-order valence-electron chi connectivity index (χ3n) is 4.59. The molecule has 0 bridgehead atoms. The summed E-state index contributed by atoms with van der Waals surface area (Å²) in [5.41, 5.74) is 3.60. The molecule has 0 radical (unpaired) electrons. The molecule has 1 heterocycles. The van der Waals surface area contributed by atoms with Crippen LogP contribution in [0.25, 0.3) is 0 Å². The number of hydrogen-bond acceptors (Lipinski definition) is 2. The van der Waals surface area contributed by atoms with Crippen molar-refractivity contribution in [2.24, 2.45) is 5.92 Å². The largest absolute Gasteiger partial charge is 0.326 e. The van der Waals surface area contributed by atoms with E-state index < -0.39 is 0 Å². The Balaban J connectivity index is 1.74. The quantitative estimate of drug-likeness (QED) is 0.780. The number of carbonyl (C=O) groups is 2. The van der Waals surface area contributed by atoms with Crippen LogP contribution in [-0.4, -0.2) is 18.4 Å². The summed E-state index contributed by atoms with van der Waals surface area (Å²) in [6.45, 7) is 4.32. The van der Waals surface area contributed by atoms with Crippen LogP contribution in [0, 0.1) is 19.8 Å². The maximum absolute atomic E-state index is 12.6. The Bertz CT molecular complexity index is 853. The van der Waals surface area contributed by atoms with Gasteiger partial charge in [0, 0.05) is 33.8 Å². The number of nitrogens with one attached hydrogen (secondary N) is 1.